The van der Waals surface area contributed by atoms with E-state index in [1.165, 1.54) is 0 Å². The van der Waals surface area contributed by atoms with E-state index < -0.39 is 0 Å². The summed E-state index contributed by atoms with van der Waals surface area (Å²) in [6, 6.07) is 9.59. The van der Waals surface area contributed by atoms with Crippen molar-refractivity contribution in [2.45, 2.75) is 13.0 Å². The van der Waals surface area contributed by atoms with Gasteiger partial charge in [-0.05, 0) is 30.2 Å². The van der Waals surface area contributed by atoms with Crippen molar-refractivity contribution >= 4 is 35.8 Å². The molecule has 8 heteroatoms. The van der Waals surface area contributed by atoms with E-state index in [1.807, 2.05) is 42.1 Å². The van der Waals surface area contributed by atoms with E-state index in [0.717, 1.165) is 30.2 Å². The molecule has 1 amide bonds. The molecule has 1 aromatic carbocycles. The fourth-order valence-electron chi connectivity index (χ4n) is 2.31. The van der Waals surface area contributed by atoms with Crippen LogP contribution in [0, 0.1) is 0 Å². The number of amides is 1. The van der Waals surface area contributed by atoms with Crippen molar-refractivity contribution < 1.29 is 4.79 Å². The summed E-state index contributed by atoms with van der Waals surface area (Å²) < 4.78 is 1.82. The normalized spacial score (nSPS) is 10.8. The van der Waals surface area contributed by atoms with E-state index in [9.17, 15) is 4.79 Å². The lowest BCUT2D eigenvalue weighted by molar-refractivity contribution is 0.0963. The lowest BCUT2D eigenvalue weighted by Gasteiger charge is -2.12. The molecule has 0 aliphatic carbocycles. The van der Waals surface area contributed by atoms with E-state index in [-0.39, 0.29) is 29.9 Å². The standard InChI is InChI=1S/C17H24N6O.HI/c1-18-16(24)14-6-4-5-13(11-14)7-9-20-17(19-2)21-12-15-8-10-22-23(15)3;/h4-6,8,10-11H,7,9,12H2,1-3H3,(H,18,24)(H2,19,20,21);1H. The Morgan fingerprint density at radius 2 is 2.08 bits per heavy atom. The number of rotatable bonds is 6. The maximum absolute atomic E-state index is 11.7. The van der Waals surface area contributed by atoms with Gasteiger partial charge in [0, 0.05) is 39.4 Å². The second kappa shape index (κ2) is 10.7. The lowest BCUT2D eigenvalue weighted by atomic mass is 10.1. The van der Waals surface area contributed by atoms with E-state index in [4.69, 9.17) is 0 Å². The Balaban J connectivity index is 0.00000312. The molecule has 2 aromatic rings. The summed E-state index contributed by atoms with van der Waals surface area (Å²) in [4.78, 5) is 15.9. The van der Waals surface area contributed by atoms with Crippen LogP contribution in [0.2, 0.25) is 0 Å². The second-order valence-electron chi connectivity index (χ2n) is 5.33. The fraction of sp³-hybridized carbons (Fsp3) is 0.353. The largest absolute Gasteiger partial charge is 0.356 e. The summed E-state index contributed by atoms with van der Waals surface area (Å²) in [6.45, 7) is 1.38. The number of carbonyl (C=O) groups is 1. The van der Waals surface area contributed by atoms with E-state index >= 15 is 0 Å². The third kappa shape index (κ3) is 6.37. The van der Waals surface area contributed by atoms with Crippen LogP contribution in [0.5, 0.6) is 0 Å². The molecule has 0 saturated carbocycles. The predicted molar refractivity (Wildman–Crippen MR) is 110 cm³/mol. The number of nitrogens with zero attached hydrogens (tertiary/aromatic N) is 3. The Kier molecular flexibility index (Phi) is 8.96. The first-order valence-corrected chi connectivity index (χ1v) is 7.86. The highest BCUT2D eigenvalue weighted by atomic mass is 127. The molecule has 0 saturated heterocycles. The van der Waals surface area contributed by atoms with Crippen LogP contribution in [-0.4, -0.2) is 42.3 Å². The number of nitrogens with one attached hydrogen (secondary N) is 3. The molecule has 0 atom stereocenters. The number of hydrogen-bond acceptors (Lipinski definition) is 3. The minimum absolute atomic E-state index is 0. The molecule has 25 heavy (non-hydrogen) atoms. The molecule has 0 fully saturated rings. The zero-order chi connectivity index (χ0) is 17.4. The van der Waals surface area contributed by atoms with Gasteiger partial charge >= 0.3 is 0 Å². The summed E-state index contributed by atoms with van der Waals surface area (Å²) in [6.07, 6.45) is 2.57. The number of guanidine groups is 1. The topological polar surface area (TPSA) is 83.3 Å². The molecule has 7 nitrogen and oxygen atoms in total. The van der Waals surface area contributed by atoms with Gasteiger partial charge in [-0.3, -0.25) is 14.5 Å². The number of aryl methyl sites for hydroxylation is 1. The first kappa shape index (κ1) is 20.9. The van der Waals surface area contributed by atoms with Crippen LogP contribution in [0.3, 0.4) is 0 Å². The average Bonchev–Trinajstić information content (AvgIpc) is 3.02. The molecule has 0 unspecified atom stereocenters. The van der Waals surface area contributed by atoms with Gasteiger partial charge in [0.1, 0.15) is 0 Å². The summed E-state index contributed by atoms with van der Waals surface area (Å²) in [5.74, 6) is 0.664. The Morgan fingerprint density at radius 3 is 2.72 bits per heavy atom. The summed E-state index contributed by atoms with van der Waals surface area (Å²) >= 11 is 0. The first-order chi connectivity index (χ1) is 11.6. The van der Waals surface area contributed by atoms with Gasteiger partial charge in [0.05, 0.1) is 12.2 Å². The summed E-state index contributed by atoms with van der Waals surface area (Å²) in [7, 11) is 5.28. The van der Waals surface area contributed by atoms with Crippen molar-refractivity contribution in [2.75, 3.05) is 20.6 Å². The van der Waals surface area contributed by atoms with E-state index in [2.05, 4.69) is 26.0 Å². The molecular weight excluding hydrogens is 431 g/mol. The van der Waals surface area contributed by atoms with Crippen LogP contribution >= 0.6 is 24.0 Å². The SMILES string of the molecule is CN=C(NCCc1cccc(C(=O)NC)c1)NCc1ccnn1C.I. The van der Waals surface area contributed by atoms with Crippen LogP contribution in [0.15, 0.2) is 41.5 Å². The number of aromatic nitrogens is 2. The molecule has 0 aliphatic heterocycles. The molecule has 0 bridgehead atoms. The van der Waals surface area contributed by atoms with Crippen molar-refractivity contribution in [1.82, 2.24) is 25.7 Å². The molecule has 0 radical (unpaired) electrons. The van der Waals surface area contributed by atoms with Crippen LogP contribution in [0.4, 0.5) is 0 Å². The Bertz CT molecular complexity index is 713. The van der Waals surface area contributed by atoms with Crippen molar-refractivity contribution in [3.8, 4) is 0 Å². The van der Waals surface area contributed by atoms with Crippen molar-refractivity contribution in [1.29, 1.82) is 0 Å². The van der Waals surface area contributed by atoms with Gasteiger partial charge in [-0.1, -0.05) is 12.1 Å². The number of halogens is 1. The van der Waals surface area contributed by atoms with Crippen LogP contribution in [-0.2, 0) is 20.0 Å². The number of carbonyl (C=O) groups excluding carboxylic acids is 1. The molecule has 0 aliphatic rings. The maximum atomic E-state index is 11.7. The Morgan fingerprint density at radius 1 is 1.28 bits per heavy atom. The molecule has 0 spiro atoms. The number of aliphatic imine (C=N–C) groups is 1. The van der Waals surface area contributed by atoms with Crippen molar-refractivity contribution in [3.05, 3.63) is 53.3 Å². The average molecular weight is 456 g/mol. The maximum Gasteiger partial charge on any atom is 0.251 e. The Labute approximate surface area is 165 Å². The molecular formula is C17H25IN6O. The zero-order valence-corrected chi connectivity index (χ0v) is 17.1. The highest BCUT2D eigenvalue weighted by molar-refractivity contribution is 14.0. The monoisotopic (exact) mass is 456 g/mol. The molecule has 1 heterocycles. The molecule has 1 aromatic heterocycles. The minimum atomic E-state index is -0.0709. The highest BCUT2D eigenvalue weighted by Gasteiger charge is 2.04. The van der Waals surface area contributed by atoms with Gasteiger partial charge in [0.15, 0.2) is 5.96 Å². The fourth-order valence-corrected chi connectivity index (χ4v) is 2.31. The van der Waals surface area contributed by atoms with Gasteiger partial charge in [-0.2, -0.15) is 5.10 Å². The molecule has 3 N–H and O–H groups in total. The number of benzene rings is 1. The molecule has 2 rings (SSSR count). The second-order valence-corrected chi connectivity index (χ2v) is 5.33. The smallest absolute Gasteiger partial charge is 0.251 e. The zero-order valence-electron chi connectivity index (χ0n) is 14.7. The summed E-state index contributed by atoms with van der Waals surface area (Å²) in [5, 5.41) is 13.3. The van der Waals surface area contributed by atoms with Gasteiger partial charge in [-0.25, -0.2) is 0 Å². The third-order valence-corrected chi connectivity index (χ3v) is 3.71. The van der Waals surface area contributed by atoms with Crippen molar-refractivity contribution in [3.63, 3.8) is 0 Å². The van der Waals surface area contributed by atoms with Gasteiger partial charge < -0.3 is 16.0 Å². The quantitative estimate of drug-likeness (QED) is 0.348. The summed E-state index contributed by atoms with van der Waals surface area (Å²) in [5.41, 5.74) is 2.86. The molecule has 136 valence electrons. The predicted octanol–water partition coefficient (Wildman–Crippen LogP) is 1.31. The van der Waals surface area contributed by atoms with Crippen LogP contribution < -0.4 is 16.0 Å². The minimum Gasteiger partial charge on any atom is -0.356 e. The van der Waals surface area contributed by atoms with Gasteiger partial charge in [-0.15, -0.1) is 24.0 Å². The lowest BCUT2D eigenvalue weighted by Crippen LogP contribution is -2.38. The van der Waals surface area contributed by atoms with Crippen LogP contribution in [0.25, 0.3) is 0 Å². The van der Waals surface area contributed by atoms with Crippen molar-refractivity contribution in [2.24, 2.45) is 12.0 Å². The van der Waals surface area contributed by atoms with Gasteiger partial charge in [0.2, 0.25) is 0 Å². The van der Waals surface area contributed by atoms with E-state index in [0.29, 0.717) is 12.1 Å². The highest BCUT2D eigenvalue weighted by Crippen LogP contribution is 2.05. The third-order valence-electron chi connectivity index (χ3n) is 3.71. The van der Waals surface area contributed by atoms with E-state index in [1.54, 1.807) is 20.3 Å². The first-order valence-electron chi connectivity index (χ1n) is 7.86. The van der Waals surface area contributed by atoms with Gasteiger partial charge in [0.25, 0.3) is 5.91 Å². The number of hydrogen-bond donors (Lipinski definition) is 3. The Hall–Kier alpha value is -2.10. The van der Waals surface area contributed by atoms with Crippen LogP contribution in [0.1, 0.15) is 21.6 Å².